The molecule has 0 aliphatic heterocycles. The van der Waals surface area contributed by atoms with Gasteiger partial charge in [-0.2, -0.15) is 4.98 Å². The van der Waals surface area contributed by atoms with Crippen molar-refractivity contribution >= 4 is 27.7 Å². The summed E-state index contributed by atoms with van der Waals surface area (Å²) < 4.78 is 6.34. The van der Waals surface area contributed by atoms with E-state index in [1.54, 1.807) is 11.8 Å². The quantitative estimate of drug-likeness (QED) is 0.767. The Morgan fingerprint density at radius 1 is 1.40 bits per heavy atom. The zero-order valence-electron chi connectivity index (χ0n) is 11.4. The third-order valence-electron chi connectivity index (χ3n) is 2.96. The van der Waals surface area contributed by atoms with E-state index in [4.69, 9.17) is 10.3 Å². The highest BCUT2D eigenvalue weighted by molar-refractivity contribution is 9.10. The van der Waals surface area contributed by atoms with Gasteiger partial charge in [0, 0.05) is 15.8 Å². The average molecular weight is 356 g/mol. The first kappa shape index (κ1) is 15.5. The number of hydrogen-bond donors (Lipinski definition) is 1. The predicted octanol–water partition coefficient (Wildman–Crippen LogP) is 3.65. The minimum Gasteiger partial charge on any atom is -0.339 e. The summed E-state index contributed by atoms with van der Waals surface area (Å²) in [6.07, 6.45) is 1.78. The Labute approximate surface area is 131 Å². The van der Waals surface area contributed by atoms with Crippen molar-refractivity contribution < 1.29 is 4.52 Å². The van der Waals surface area contributed by atoms with Gasteiger partial charge >= 0.3 is 0 Å². The molecule has 6 heteroatoms. The van der Waals surface area contributed by atoms with Gasteiger partial charge in [0.05, 0.1) is 5.75 Å². The molecule has 1 aromatic carbocycles. The van der Waals surface area contributed by atoms with Gasteiger partial charge in [0.2, 0.25) is 5.89 Å². The summed E-state index contributed by atoms with van der Waals surface area (Å²) in [4.78, 5) is 5.58. The van der Waals surface area contributed by atoms with E-state index < -0.39 is 0 Å². The van der Waals surface area contributed by atoms with E-state index in [9.17, 15) is 0 Å². The first-order valence-corrected chi connectivity index (χ1v) is 8.35. The van der Waals surface area contributed by atoms with Crippen molar-refractivity contribution in [3.63, 3.8) is 0 Å². The summed E-state index contributed by atoms with van der Waals surface area (Å²) in [6.45, 7) is 2.82. The van der Waals surface area contributed by atoms with Crippen molar-refractivity contribution in [2.24, 2.45) is 11.7 Å². The molecule has 2 rings (SSSR count). The summed E-state index contributed by atoms with van der Waals surface area (Å²) in [5.41, 5.74) is 5.59. The van der Waals surface area contributed by atoms with Crippen LogP contribution >= 0.6 is 27.7 Å². The highest BCUT2D eigenvalue weighted by atomic mass is 79.9. The molecule has 0 bridgehead atoms. The smallest absolute Gasteiger partial charge is 0.226 e. The lowest BCUT2D eigenvalue weighted by atomic mass is 10.1. The second-order valence-electron chi connectivity index (χ2n) is 4.70. The van der Waals surface area contributed by atoms with Crippen LogP contribution in [-0.4, -0.2) is 16.7 Å². The molecule has 0 saturated carbocycles. The van der Waals surface area contributed by atoms with Crippen LogP contribution in [0.15, 0.2) is 38.2 Å². The minimum absolute atomic E-state index is 0.486. The van der Waals surface area contributed by atoms with Crippen LogP contribution in [0.25, 0.3) is 0 Å². The third kappa shape index (κ3) is 4.61. The Kier molecular flexibility index (Phi) is 6.06. The minimum atomic E-state index is 0.486. The Morgan fingerprint density at radius 2 is 2.20 bits per heavy atom. The lowest BCUT2D eigenvalue weighted by Gasteiger charge is -2.04. The van der Waals surface area contributed by atoms with Crippen molar-refractivity contribution in [1.82, 2.24) is 10.1 Å². The molecule has 1 heterocycles. The summed E-state index contributed by atoms with van der Waals surface area (Å²) in [6, 6.07) is 8.11. The van der Waals surface area contributed by atoms with E-state index in [1.165, 1.54) is 4.90 Å². The Hall–Kier alpha value is -0.850. The van der Waals surface area contributed by atoms with Gasteiger partial charge in [0.1, 0.15) is 0 Å². The molecule has 1 aromatic heterocycles. The molecule has 0 amide bonds. The molecule has 0 radical (unpaired) electrons. The summed E-state index contributed by atoms with van der Waals surface area (Å²) >= 11 is 5.22. The van der Waals surface area contributed by atoms with Gasteiger partial charge in [-0.05, 0) is 46.9 Å². The van der Waals surface area contributed by atoms with Gasteiger partial charge in [-0.1, -0.05) is 24.2 Å². The molecule has 2 N–H and O–H groups in total. The molecular weight excluding hydrogens is 338 g/mol. The Morgan fingerprint density at radius 3 is 2.95 bits per heavy atom. The highest BCUT2D eigenvalue weighted by Gasteiger charge is 2.09. The molecule has 0 spiro atoms. The molecular formula is C14H18BrN3OS. The molecule has 0 aliphatic carbocycles. The maximum absolute atomic E-state index is 5.59. The van der Waals surface area contributed by atoms with Gasteiger partial charge < -0.3 is 10.3 Å². The number of nitrogens with two attached hydrogens (primary N) is 1. The van der Waals surface area contributed by atoms with Crippen LogP contribution in [-0.2, 0) is 12.2 Å². The fourth-order valence-electron chi connectivity index (χ4n) is 1.64. The number of aromatic nitrogens is 2. The zero-order valence-corrected chi connectivity index (χ0v) is 13.8. The molecule has 0 saturated heterocycles. The number of aryl methyl sites for hydroxylation is 1. The largest absolute Gasteiger partial charge is 0.339 e. The Bertz CT molecular complexity index is 547. The third-order valence-corrected chi connectivity index (χ3v) is 4.98. The second kappa shape index (κ2) is 7.81. The molecule has 20 heavy (non-hydrogen) atoms. The van der Waals surface area contributed by atoms with E-state index >= 15 is 0 Å². The van der Waals surface area contributed by atoms with Gasteiger partial charge in [-0.3, -0.25) is 0 Å². The monoisotopic (exact) mass is 355 g/mol. The van der Waals surface area contributed by atoms with Crippen LogP contribution in [0.3, 0.4) is 0 Å². The first-order valence-electron chi connectivity index (χ1n) is 6.58. The van der Waals surface area contributed by atoms with E-state index in [1.807, 2.05) is 18.2 Å². The van der Waals surface area contributed by atoms with Crippen molar-refractivity contribution in [1.29, 1.82) is 0 Å². The number of thioether (sulfide) groups is 1. The highest BCUT2D eigenvalue weighted by Crippen LogP contribution is 2.29. The maximum Gasteiger partial charge on any atom is 0.226 e. The predicted molar refractivity (Wildman–Crippen MR) is 84.5 cm³/mol. The molecule has 2 aromatic rings. The number of rotatable bonds is 7. The van der Waals surface area contributed by atoms with E-state index in [2.05, 4.69) is 39.1 Å². The van der Waals surface area contributed by atoms with Gasteiger partial charge in [-0.15, -0.1) is 11.8 Å². The standard InChI is InChI=1S/C14H18BrN3OS/c1-10(8-16)6-7-14-17-13(18-19-14)9-20-12-5-3-2-4-11(12)15/h2-5,10H,6-9,16H2,1H3. The number of nitrogens with zero attached hydrogens (tertiary/aromatic N) is 2. The normalized spacial score (nSPS) is 12.6. The first-order chi connectivity index (χ1) is 9.69. The van der Waals surface area contributed by atoms with Gasteiger partial charge in [0.25, 0.3) is 0 Å². The van der Waals surface area contributed by atoms with Crippen LogP contribution in [0, 0.1) is 5.92 Å². The van der Waals surface area contributed by atoms with Crippen molar-refractivity contribution in [2.45, 2.75) is 30.4 Å². The number of halogens is 1. The van der Waals surface area contributed by atoms with Crippen LogP contribution in [0.2, 0.25) is 0 Å². The van der Waals surface area contributed by atoms with Gasteiger partial charge in [-0.25, -0.2) is 0 Å². The van der Waals surface area contributed by atoms with Crippen LogP contribution in [0.4, 0.5) is 0 Å². The molecule has 1 atom stereocenters. The van der Waals surface area contributed by atoms with E-state index in [0.29, 0.717) is 24.1 Å². The van der Waals surface area contributed by atoms with Crippen molar-refractivity contribution in [3.8, 4) is 0 Å². The maximum atomic E-state index is 5.59. The fourth-order valence-corrected chi connectivity index (χ4v) is 3.05. The molecule has 0 fully saturated rings. The number of benzene rings is 1. The lowest BCUT2D eigenvalue weighted by Crippen LogP contribution is -2.11. The zero-order chi connectivity index (χ0) is 14.4. The van der Waals surface area contributed by atoms with E-state index in [-0.39, 0.29) is 0 Å². The summed E-state index contributed by atoms with van der Waals surface area (Å²) in [7, 11) is 0. The SMILES string of the molecule is CC(CN)CCc1nc(CSc2ccccc2Br)no1. The van der Waals surface area contributed by atoms with Gasteiger partial charge in [0.15, 0.2) is 5.82 Å². The lowest BCUT2D eigenvalue weighted by molar-refractivity contribution is 0.362. The average Bonchev–Trinajstić information content (AvgIpc) is 2.92. The van der Waals surface area contributed by atoms with Crippen LogP contribution < -0.4 is 5.73 Å². The molecule has 1 unspecified atom stereocenters. The molecule has 4 nitrogen and oxygen atoms in total. The number of hydrogen-bond acceptors (Lipinski definition) is 5. The summed E-state index contributed by atoms with van der Waals surface area (Å²) in [5.74, 6) is 2.63. The molecule has 108 valence electrons. The van der Waals surface area contributed by atoms with E-state index in [0.717, 1.165) is 23.1 Å². The van der Waals surface area contributed by atoms with Crippen molar-refractivity contribution in [3.05, 3.63) is 40.5 Å². The van der Waals surface area contributed by atoms with Crippen LogP contribution in [0.5, 0.6) is 0 Å². The fraction of sp³-hybridized carbons (Fsp3) is 0.429. The second-order valence-corrected chi connectivity index (χ2v) is 6.57. The summed E-state index contributed by atoms with van der Waals surface area (Å²) in [5, 5.41) is 4.01. The van der Waals surface area contributed by atoms with Crippen LogP contribution in [0.1, 0.15) is 25.1 Å². The molecule has 0 aliphatic rings. The Balaban J connectivity index is 1.85. The topological polar surface area (TPSA) is 64.9 Å². The van der Waals surface area contributed by atoms with Crippen molar-refractivity contribution in [2.75, 3.05) is 6.54 Å².